The third-order valence-corrected chi connectivity index (χ3v) is 4.05. The van der Waals surface area contributed by atoms with E-state index < -0.39 is 11.8 Å². The van der Waals surface area contributed by atoms with Crippen molar-refractivity contribution in [3.8, 4) is 5.75 Å². The summed E-state index contributed by atoms with van der Waals surface area (Å²) in [4.78, 5) is 23.6. The number of hydrogen-bond donors (Lipinski definition) is 4. The Balaban J connectivity index is 1.74. The lowest BCUT2D eigenvalue weighted by molar-refractivity contribution is -0.121. The first-order valence-corrected chi connectivity index (χ1v) is 8.84. The van der Waals surface area contributed by atoms with E-state index in [4.69, 9.17) is 17.0 Å². The zero-order valence-corrected chi connectivity index (χ0v) is 16.8. The van der Waals surface area contributed by atoms with Gasteiger partial charge in [-0.3, -0.25) is 30.9 Å². The number of nitrogens with zero attached hydrogens (tertiary/aromatic N) is 1. The SMILES string of the molecule is Cc1cc(C(=O)NNC(=S)NC(=O)COc2ccc(Br)cc2Br)n[nH]1. The van der Waals surface area contributed by atoms with Crippen LogP contribution in [0.5, 0.6) is 5.75 Å². The normalized spacial score (nSPS) is 10.0. The molecule has 2 rings (SSSR count). The Labute approximate surface area is 165 Å². The zero-order chi connectivity index (χ0) is 18.4. The lowest BCUT2D eigenvalue weighted by Gasteiger charge is -2.11. The molecule has 2 aromatic rings. The molecule has 0 aliphatic rings. The number of benzene rings is 1. The molecule has 0 fully saturated rings. The van der Waals surface area contributed by atoms with Gasteiger partial charge in [0.15, 0.2) is 17.4 Å². The second kappa shape index (κ2) is 8.92. The van der Waals surface area contributed by atoms with E-state index in [1.807, 2.05) is 0 Å². The minimum Gasteiger partial charge on any atom is -0.483 e. The second-order valence-electron chi connectivity index (χ2n) is 4.76. The van der Waals surface area contributed by atoms with Gasteiger partial charge in [0.05, 0.1) is 4.47 Å². The van der Waals surface area contributed by atoms with Gasteiger partial charge in [0, 0.05) is 10.2 Å². The summed E-state index contributed by atoms with van der Waals surface area (Å²) in [5.74, 6) is -0.451. The molecular weight excluding hydrogens is 478 g/mol. The van der Waals surface area contributed by atoms with Crippen LogP contribution in [-0.4, -0.2) is 33.7 Å². The summed E-state index contributed by atoms with van der Waals surface area (Å²) in [6.45, 7) is 1.53. The van der Waals surface area contributed by atoms with E-state index in [1.54, 1.807) is 31.2 Å². The van der Waals surface area contributed by atoms with E-state index in [2.05, 4.69) is 58.2 Å². The number of aryl methyl sites for hydroxylation is 1. The highest BCUT2D eigenvalue weighted by Crippen LogP contribution is 2.27. The molecule has 0 unspecified atom stereocenters. The van der Waals surface area contributed by atoms with Gasteiger partial charge in [0.2, 0.25) is 0 Å². The van der Waals surface area contributed by atoms with Crippen LogP contribution in [0, 0.1) is 6.92 Å². The molecule has 2 amide bonds. The molecule has 1 aromatic heterocycles. The van der Waals surface area contributed by atoms with Crippen molar-refractivity contribution in [3.05, 3.63) is 44.6 Å². The van der Waals surface area contributed by atoms with Gasteiger partial charge in [-0.05, 0) is 59.3 Å². The molecule has 25 heavy (non-hydrogen) atoms. The molecule has 4 N–H and O–H groups in total. The number of ether oxygens (including phenoxy) is 1. The number of aromatic amines is 1. The summed E-state index contributed by atoms with van der Waals surface area (Å²) in [6, 6.07) is 6.87. The van der Waals surface area contributed by atoms with E-state index in [0.29, 0.717) is 10.2 Å². The Kier molecular flexibility index (Phi) is 6.91. The standard InChI is InChI=1S/C14H13Br2N5O3S/c1-7-4-10(19-18-7)13(23)20-21-14(25)17-12(22)6-24-11-3-2-8(15)5-9(11)16/h2-5H,6H2,1H3,(H,18,19)(H,20,23)(H2,17,21,22,25). The predicted molar refractivity (Wildman–Crippen MR) is 102 cm³/mol. The van der Waals surface area contributed by atoms with Crippen molar-refractivity contribution < 1.29 is 14.3 Å². The predicted octanol–water partition coefficient (Wildman–Crippen LogP) is 1.96. The highest BCUT2D eigenvalue weighted by molar-refractivity contribution is 9.11. The Morgan fingerprint density at radius 2 is 2.04 bits per heavy atom. The summed E-state index contributed by atoms with van der Waals surface area (Å²) in [5.41, 5.74) is 5.68. The van der Waals surface area contributed by atoms with Crippen LogP contribution in [0.2, 0.25) is 0 Å². The number of carbonyl (C=O) groups is 2. The second-order valence-corrected chi connectivity index (χ2v) is 6.93. The first-order chi connectivity index (χ1) is 11.8. The lowest BCUT2D eigenvalue weighted by Crippen LogP contribution is -2.49. The number of H-pyrrole nitrogens is 1. The molecule has 0 spiro atoms. The maximum absolute atomic E-state index is 11.8. The van der Waals surface area contributed by atoms with Crippen molar-refractivity contribution in [1.82, 2.24) is 26.4 Å². The van der Waals surface area contributed by atoms with Gasteiger partial charge < -0.3 is 4.74 Å². The monoisotopic (exact) mass is 489 g/mol. The summed E-state index contributed by atoms with van der Waals surface area (Å²) >= 11 is 11.6. The fourth-order valence-corrected chi connectivity index (χ4v) is 2.97. The first kappa shape index (κ1) is 19.3. The van der Waals surface area contributed by atoms with E-state index >= 15 is 0 Å². The van der Waals surface area contributed by atoms with Gasteiger partial charge in [-0.2, -0.15) is 5.10 Å². The average Bonchev–Trinajstić information content (AvgIpc) is 2.98. The number of thiocarbonyl (C=S) groups is 1. The van der Waals surface area contributed by atoms with E-state index in [-0.39, 0.29) is 17.4 Å². The van der Waals surface area contributed by atoms with Crippen molar-refractivity contribution in [3.63, 3.8) is 0 Å². The summed E-state index contributed by atoms with van der Waals surface area (Å²) in [7, 11) is 0. The Bertz CT molecular complexity index is 812. The van der Waals surface area contributed by atoms with Gasteiger partial charge in [-0.15, -0.1) is 0 Å². The molecule has 0 radical (unpaired) electrons. The molecule has 0 aliphatic heterocycles. The third kappa shape index (κ3) is 6.11. The minimum absolute atomic E-state index is 0.0657. The molecule has 0 bridgehead atoms. The Hall–Kier alpha value is -1.98. The van der Waals surface area contributed by atoms with Crippen LogP contribution in [0.1, 0.15) is 16.2 Å². The van der Waals surface area contributed by atoms with Crippen LogP contribution in [0.3, 0.4) is 0 Å². The largest absolute Gasteiger partial charge is 0.483 e. The third-order valence-electron chi connectivity index (χ3n) is 2.73. The molecule has 11 heteroatoms. The number of carbonyl (C=O) groups excluding carboxylic acids is 2. The van der Waals surface area contributed by atoms with Crippen LogP contribution in [0.4, 0.5) is 0 Å². The molecule has 0 saturated carbocycles. The molecule has 0 saturated heterocycles. The maximum atomic E-state index is 11.8. The zero-order valence-electron chi connectivity index (χ0n) is 12.9. The Morgan fingerprint density at radius 3 is 2.68 bits per heavy atom. The van der Waals surface area contributed by atoms with Crippen molar-refractivity contribution in [2.45, 2.75) is 6.92 Å². The van der Waals surface area contributed by atoms with Crippen LogP contribution in [-0.2, 0) is 4.79 Å². The number of rotatable bonds is 4. The Morgan fingerprint density at radius 1 is 1.28 bits per heavy atom. The van der Waals surface area contributed by atoms with Gasteiger partial charge in [-0.25, -0.2) is 0 Å². The molecule has 132 valence electrons. The number of hydrogen-bond acceptors (Lipinski definition) is 5. The number of hydrazine groups is 1. The topological polar surface area (TPSA) is 108 Å². The summed E-state index contributed by atoms with van der Waals surface area (Å²) in [6.07, 6.45) is 0. The van der Waals surface area contributed by atoms with Crippen LogP contribution in [0.25, 0.3) is 0 Å². The molecule has 1 aromatic carbocycles. The molecule has 8 nitrogen and oxygen atoms in total. The first-order valence-electron chi connectivity index (χ1n) is 6.85. The van der Waals surface area contributed by atoms with E-state index in [9.17, 15) is 9.59 Å². The fourth-order valence-electron chi connectivity index (χ4n) is 1.64. The number of halogens is 2. The van der Waals surface area contributed by atoms with Crippen molar-refractivity contribution in [2.75, 3.05) is 6.61 Å². The van der Waals surface area contributed by atoms with Crippen LogP contribution < -0.4 is 20.9 Å². The van der Waals surface area contributed by atoms with Gasteiger partial charge in [0.1, 0.15) is 5.75 Å². The summed E-state index contributed by atoms with van der Waals surface area (Å²) < 4.78 is 6.97. The minimum atomic E-state index is -0.490. The lowest BCUT2D eigenvalue weighted by atomic mass is 10.3. The highest BCUT2D eigenvalue weighted by atomic mass is 79.9. The molecular formula is C14H13Br2N5O3S. The van der Waals surface area contributed by atoms with E-state index in [1.165, 1.54) is 0 Å². The molecule has 1 heterocycles. The fraction of sp³-hybridized carbons (Fsp3) is 0.143. The number of amides is 2. The van der Waals surface area contributed by atoms with E-state index in [0.717, 1.165) is 10.2 Å². The van der Waals surface area contributed by atoms with Crippen molar-refractivity contribution in [2.24, 2.45) is 0 Å². The number of aromatic nitrogens is 2. The highest BCUT2D eigenvalue weighted by Gasteiger charge is 2.11. The average molecular weight is 491 g/mol. The van der Waals surface area contributed by atoms with Gasteiger partial charge in [0.25, 0.3) is 11.8 Å². The van der Waals surface area contributed by atoms with Gasteiger partial charge in [-0.1, -0.05) is 15.9 Å². The van der Waals surface area contributed by atoms with Crippen molar-refractivity contribution in [1.29, 1.82) is 0 Å². The van der Waals surface area contributed by atoms with Crippen LogP contribution >= 0.6 is 44.1 Å². The molecule has 0 atom stereocenters. The van der Waals surface area contributed by atoms with Crippen LogP contribution in [0.15, 0.2) is 33.2 Å². The number of nitrogens with one attached hydrogen (secondary N) is 4. The van der Waals surface area contributed by atoms with Crippen molar-refractivity contribution >= 4 is 61.0 Å². The quantitative estimate of drug-likeness (QED) is 0.385. The summed E-state index contributed by atoms with van der Waals surface area (Å²) in [5, 5.41) is 8.76. The molecule has 0 aliphatic carbocycles. The smallest absolute Gasteiger partial charge is 0.290 e. The van der Waals surface area contributed by atoms with Gasteiger partial charge >= 0.3 is 0 Å². The maximum Gasteiger partial charge on any atom is 0.290 e.